The zero-order chi connectivity index (χ0) is 11.3. The van der Waals surface area contributed by atoms with Gasteiger partial charge in [0, 0.05) is 19.2 Å². The topological polar surface area (TPSA) is 24.5 Å². The van der Waals surface area contributed by atoms with Crippen molar-refractivity contribution >= 4 is 0 Å². The van der Waals surface area contributed by atoms with Crippen molar-refractivity contribution in [3.8, 4) is 0 Å². The standard InChI is InChI=1S/C12H26N2O/c1-5-15-12(2,3)10-14-8-6-11(13-4)7-9-14/h11,13H,5-10H2,1-4H3. The van der Waals surface area contributed by atoms with Crippen LogP contribution in [0.25, 0.3) is 0 Å². The van der Waals surface area contributed by atoms with Crippen LogP contribution in [0, 0.1) is 0 Å². The van der Waals surface area contributed by atoms with Crippen LogP contribution in [0.5, 0.6) is 0 Å². The smallest absolute Gasteiger partial charge is 0.0752 e. The second-order valence-electron chi connectivity index (χ2n) is 5.03. The lowest BCUT2D eigenvalue weighted by Crippen LogP contribution is -2.47. The molecule has 1 aliphatic rings. The van der Waals surface area contributed by atoms with Crippen LogP contribution >= 0.6 is 0 Å². The number of hydrogen-bond acceptors (Lipinski definition) is 3. The molecule has 15 heavy (non-hydrogen) atoms. The Morgan fingerprint density at radius 2 is 1.93 bits per heavy atom. The Morgan fingerprint density at radius 1 is 1.33 bits per heavy atom. The Kier molecular flexibility index (Phi) is 5.03. The fraction of sp³-hybridized carbons (Fsp3) is 1.00. The quantitative estimate of drug-likeness (QED) is 0.750. The highest BCUT2D eigenvalue weighted by Gasteiger charge is 2.25. The van der Waals surface area contributed by atoms with E-state index in [9.17, 15) is 0 Å². The first-order chi connectivity index (χ1) is 7.07. The summed E-state index contributed by atoms with van der Waals surface area (Å²) >= 11 is 0. The van der Waals surface area contributed by atoms with Gasteiger partial charge in [0.05, 0.1) is 5.60 Å². The van der Waals surface area contributed by atoms with Crippen LogP contribution in [0.3, 0.4) is 0 Å². The molecule has 90 valence electrons. The van der Waals surface area contributed by atoms with E-state index in [1.807, 2.05) is 0 Å². The zero-order valence-corrected chi connectivity index (χ0v) is 10.7. The monoisotopic (exact) mass is 214 g/mol. The predicted molar refractivity (Wildman–Crippen MR) is 64.2 cm³/mol. The first-order valence-electron chi connectivity index (χ1n) is 6.11. The first kappa shape index (κ1) is 12.9. The van der Waals surface area contributed by atoms with Gasteiger partial charge in [-0.1, -0.05) is 0 Å². The van der Waals surface area contributed by atoms with Crippen LogP contribution < -0.4 is 5.32 Å². The molecule has 1 saturated heterocycles. The summed E-state index contributed by atoms with van der Waals surface area (Å²) in [6, 6.07) is 0.719. The molecule has 0 aromatic carbocycles. The van der Waals surface area contributed by atoms with E-state index in [1.54, 1.807) is 0 Å². The average Bonchev–Trinajstić information content (AvgIpc) is 2.18. The highest BCUT2D eigenvalue weighted by atomic mass is 16.5. The number of likely N-dealkylation sites (tertiary alicyclic amines) is 1. The molecule has 3 heteroatoms. The van der Waals surface area contributed by atoms with Gasteiger partial charge >= 0.3 is 0 Å². The van der Waals surface area contributed by atoms with Crippen LogP contribution in [-0.2, 0) is 4.74 Å². The highest BCUT2D eigenvalue weighted by Crippen LogP contribution is 2.16. The maximum absolute atomic E-state index is 5.73. The number of piperidine rings is 1. The highest BCUT2D eigenvalue weighted by molar-refractivity contribution is 4.81. The van der Waals surface area contributed by atoms with Gasteiger partial charge in [0.2, 0.25) is 0 Å². The summed E-state index contributed by atoms with van der Waals surface area (Å²) in [5.74, 6) is 0. The summed E-state index contributed by atoms with van der Waals surface area (Å²) in [6.07, 6.45) is 2.53. The van der Waals surface area contributed by atoms with Gasteiger partial charge in [0.1, 0.15) is 0 Å². The van der Waals surface area contributed by atoms with Crippen molar-refractivity contribution in [3.63, 3.8) is 0 Å². The molecule has 0 aliphatic carbocycles. The molecular formula is C12H26N2O. The lowest BCUT2D eigenvalue weighted by molar-refractivity contribution is -0.0381. The minimum Gasteiger partial charge on any atom is -0.375 e. The molecule has 0 aromatic rings. The molecule has 1 rings (SSSR count). The van der Waals surface area contributed by atoms with E-state index < -0.39 is 0 Å². The number of nitrogens with zero attached hydrogens (tertiary/aromatic N) is 1. The minimum atomic E-state index is 0.00122. The van der Waals surface area contributed by atoms with Gasteiger partial charge in [-0.15, -0.1) is 0 Å². The van der Waals surface area contributed by atoms with Gasteiger partial charge in [-0.2, -0.15) is 0 Å². The third-order valence-corrected chi connectivity index (χ3v) is 3.14. The number of rotatable bonds is 5. The second kappa shape index (κ2) is 5.83. The van der Waals surface area contributed by atoms with Crippen LogP contribution in [0.15, 0.2) is 0 Å². The van der Waals surface area contributed by atoms with E-state index in [4.69, 9.17) is 4.74 Å². The molecule has 1 N–H and O–H groups in total. The normalized spacial score (nSPS) is 20.8. The maximum atomic E-state index is 5.73. The van der Waals surface area contributed by atoms with E-state index in [2.05, 4.69) is 38.0 Å². The SMILES string of the molecule is CCOC(C)(C)CN1CCC(NC)CC1. The number of ether oxygens (including phenoxy) is 1. The van der Waals surface area contributed by atoms with Gasteiger partial charge in [-0.3, -0.25) is 0 Å². The molecule has 1 fully saturated rings. The molecule has 3 nitrogen and oxygen atoms in total. The van der Waals surface area contributed by atoms with Gasteiger partial charge in [-0.25, -0.2) is 0 Å². The van der Waals surface area contributed by atoms with E-state index >= 15 is 0 Å². The Labute approximate surface area is 94.2 Å². The lowest BCUT2D eigenvalue weighted by atomic mass is 10.0. The van der Waals surface area contributed by atoms with Crippen molar-refractivity contribution in [1.29, 1.82) is 0 Å². The maximum Gasteiger partial charge on any atom is 0.0752 e. The Bertz CT molecular complexity index is 174. The Balaban J connectivity index is 2.28. The van der Waals surface area contributed by atoms with Gasteiger partial charge < -0.3 is 15.0 Å². The van der Waals surface area contributed by atoms with Crippen molar-refractivity contribution in [3.05, 3.63) is 0 Å². The van der Waals surface area contributed by atoms with E-state index in [0.29, 0.717) is 0 Å². The average molecular weight is 214 g/mol. The fourth-order valence-electron chi connectivity index (χ4n) is 2.35. The van der Waals surface area contributed by atoms with Gasteiger partial charge in [0.15, 0.2) is 0 Å². The molecule has 0 amide bonds. The molecular weight excluding hydrogens is 188 g/mol. The summed E-state index contributed by atoms with van der Waals surface area (Å²) in [4.78, 5) is 2.52. The van der Waals surface area contributed by atoms with Crippen LogP contribution in [0.2, 0.25) is 0 Å². The van der Waals surface area contributed by atoms with E-state index in [0.717, 1.165) is 19.2 Å². The molecule has 0 atom stereocenters. The van der Waals surface area contributed by atoms with Crippen molar-refractivity contribution < 1.29 is 4.74 Å². The molecule has 0 saturated carbocycles. The fourth-order valence-corrected chi connectivity index (χ4v) is 2.35. The van der Waals surface area contributed by atoms with Gasteiger partial charge in [-0.05, 0) is 53.8 Å². The first-order valence-corrected chi connectivity index (χ1v) is 6.11. The van der Waals surface area contributed by atoms with E-state index in [1.165, 1.54) is 25.9 Å². The van der Waals surface area contributed by atoms with Gasteiger partial charge in [0.25, 0.3) is 0 Å². The van der Waals surface area contributed by atoms with Crippen molar-refractivity contribution in [1.82, 2.24) is 10.2 Å². The third-order valence-electron chi connectivity index (χ3n) is 3.14. The summed E-state index contributed by atoms with van der Waals surface area (Å²) in [6.45, 7) is 10.7. The zero-order valence-electron chi connectivity index (χ0n) is 10.7. The second-order valence-corrected chi connectivity index (χ2v) is 5.03. The summed E-state index contributed by atoms with van der Waals surface area (Å²) in [5.41, 5.74) is 0.00122. The summed E-state index contributed by atoms with van der Waals surface area (Å²) in [7, 11) is 2.06. The molecule has 1 aliphatic heterocycles. The van der Waals surface area contributed by atoms with Crippen molar-refractivity contribution in [2.24, 2.45) is 0 Å². The minimum absolute atomic E-state index is 0.00122. The molecule has 0 radical (unpaired) electrons. The molecule has 0 unspecified atom stereocenters. The molecule has 1 heterocycles. The van der Waals surface area contributed by atoms with E-state index in [-0.39, 0.29) is 5.60 Å². The van der Waals surface area contributed by atoms with Crippen molar-refractivity contribution in [2.75, 3.05) is 33.3 Å². The predicted octanol–water partition coefficient (Wildman–Crippen LogP) is 1.49. The largest absolute Gasteiger partial charge is 0.375 e. The summed E-state index contributed by atoms with van der Waals surface area (Å²) in [5, 5.41) is 3.35. The molecule has 0 spiro atoms. The Morgan fingerprint density at radius 3 is 2.40 bits per heavy atom. The number of nitrogens with one attached hydrogen (secondary N) is 1. The summed E-state index contributed by atoms with van der Waals surface area (Å²) < 4.78 is 5.73. The molecule has 0 bridgehead atoms. The van der Waals surface area contributed by atoms with Crippen LogP contribution in [-0.4, -0.2) is 49.8 Å². The molecule has 0 aromatic heterocycles. The third kappa shape index (κ3) is 4.49. The number of hydrogen-bond donors (Lipinski definition) is 1. The van der Waals surface area contributed by atoms with Crippen molar-refractivity contribution in [2.45, 2.75) is 45.3 Å². The lowest BCUT2D eigenvalue weighted by Gasteiger charge is -2.37. The Hall–Kier alpha value is -0.120. The van der Waals surface area contributed by atoms with Crippen LogP contribution in [0.4, 0.5) is 0 Å². The van der Waals surface area contributed by atoms with Crippen LogP contribution in [0.1, 0.15) is 33.6 Å².